The molecule has 0 radical (unpaired) electrons. The van der Waals surface area contributed by atoms with Crippen LogP contribution in [0.3, 0.4) is 0 Å². The van der Waals surface area contributed by atoms with Gasteiger partial charge in [0, 0.05) is 42.3 Å². The number of benzene rings is 2. The quantitative estimate of drug-likeness (QED) is 0.338. The van der Waals surface area contributed by atoms with Gasteiger partial charge >= 0.3 is 0 Å². The lowest BCUT2D eigenvalue weighted by atomic mass is 10.0. The van der Waals surface area contributed by atoms with Crippen LogP contribution >= 0.6 is 7.14 Å². The van der Waals surface area contributed by atoms with Crippen LogP contribution in [-0.2, 0) is 4.57 Å². The summed E-state index contributed by atoms with van der Waals surface area (Å²) in [7, 11) is -3.07. The van der Waals surface area contributed by atoms with Crippen LogP contribution in [0, 0.1) is 5.82 Å². The number of aromatic nitrogens is 2. The number of rotatable bonds is 4. The van der Waals surface area contributed by atoms with Gasteiger partial charge in [-0.25, -0.2) is 19.5 Å². The Morgan fingerprint density at radius 1 is 1.26 bits per heavy atom. The number of aromatic amines is 1. The molecule has 8 nitrogen and oxygen atoms in total. The molecule has 0 saturated carbocycles. The fraction of sp³-hybridized carbons (Fsp3) is 0.250. The highest BCUT2D eigenvalue weighted by Crippen LogP contribution is 2.47. The van der Waals surface area contributed by atoms with Gasteiger partial charge in [-0.3, -0.25) is 4.79 Å². The highest BCUT2D eigenvalue weighted by Gasteiger charge is 2.34. The van der Waals surface area contributed by atoms with Crippen molar-refractivity contribution in [1.29, 1.82) is 0 Å². The molecule has 0 amide bonds. The van der Waals surface area contributed by atoms with Gasteiger partial charge < -0.3 is 14.6 Å². The van der Waals surface area contributed by atoms with E-state index >= 15 is 0 Å². The van der Waals surface area contributed by atoms with Gasteiger partial charge in [0.1, 0.15) is 24.8 Å². The van der Waals surface area contributed by atoms with Crippen LogP contribution in [0.1, 0.15) is 24.3 Å². The maximum Gasteiger partial charge on any atom is 0.272 e. The second-order valence-electron chi connectivity index (χ2n) is 7.99. The predicted molar refractivity (Wildman–Crippen MR) is 133 cm³/mol. The Hall–Kier alpha value is -3.42. The Bertz CT molecular complexity index is 1390. The van der Waals surface area contributed by atoms with E-state index in [4.69, 9.17) is 0 Å². The molecule has 1 atom stereocenters. The lowest BCUT2D eigenvalue weighted by Crippen LogP contribution is -2.40. The van der Waals surface area contributed by atoms with E-state index < -0.39 is 19.1 Å². The maximum absolute atomic E-state index is 14.9. The summed E-state index contributed by atoms with van der Waals surface area (Å²) in [6, 6.07) is 10.9. The average Bonchev–Trinajstić information content (AvgIpc) is 2.86. The molecule has 1 saturated heterocycles. The van der Waals surface area contributed by atoms with E-state index in [1.54, 1.807) is 36.5 Å². The highest BCUT2D eigenvalue weighted by molar-refractivity contribution is 7.71. The largest absolute Gasteiger partial charge is 0.382 e. The van der Waals surface area contributed by atoms with Crippen molar-refractivity contribution in [2.45, 2.75) is 13.0 Å². The number of guanidine groups is 1. The molecule has 34 heavy (non-hydrogen) atoms. The van der Waals surface area contributed by atoms with Crippen LogP contribution in [0.5, 0.6) is 0 Å². The van der Waals surface area contributed by atoms with E-state index in [0.29, 0.717) is 35.4 Å². The summed E-state index contributed by atoms with van der Waals surface area (Å²) in [6.07, 6.45) is 2.63. The summed E-state index contributed by atoms with van der Waals surface area (Å²) >= 11 is 0. The van der Waals surface area contributed by atoms with Gasteiger partial charge in [-0.2, -0.15) is 5.10 Å². The number of aliphatic imine (C=N–C) groups is 2. The van der Waals surface area contributed by atoms with Gasteiger partial charge in [0.05, 0.1) is 5.39 Å². The monoisotopic (exact) mass is 481 g/mol. The third-order valence-corrected chi connectivity index (χ3v) is 9.00. The Balaban J connectivity index is 1.65. The van der Waals surface area contributed by atoms with Crippen LogP contribution in [0.4, 0.5) is 4.39 Å². The molecule has 0 aliphatic carbocycles. The first-order valence-electron chi connectivity index (χ1n) is 10.8. The summed E-state index contributed by atoms with van der Waals surface area (Å²) in [5, 5.41) is 18.5. The SMILES string of the molecule is C=N/C(=N\C=C/C)N1CCP(=O)(c2cc(C(O)c3n[nH]c(=O)c4ccccc34)ccc2F)CC1. The molecule has 1 unspecified atom stereocenters. The van der Waals surface area contributed by atoms with E-state index in [0.717, 1.165) is 0 Å². The molecule has 2 aromatic carbocycles. The zero-order chi connectivity index (χ0) is 24.3. The van der Waals surface area contributed by atoms with Gasteiger partial charge in [-0.1, -0.05) is 30.3 Å². The lowest BCUT2D eigenvalue weighted by Gasteiger charge is -2.33. The minimum atomic E-state index is -3.07. The number of nitrogens with zero attached hydrogens (tertiary/aromatic N) is 4. The second kappa shape index (κ2) is 9.83. The topological polar surface area (TPSA) is 111 Å². The van der Waals surface area contributed by atoms with Crippen molar-refractivity contribution < 1.29 is 14.1 Å². The van der Waals surface area contributed by atoms with Gasteiger partial charge in [0.2, 0.25) is 5.96 Å². The molecule has 0 spiro atoms. The number of aliphatic hydroxyl groups excluding tert-OH is 1. The lowest BCUT2D eigenvalue weighted by molar-refractivity contribution is 0.216. The molecule has 1 fully saturated rings. The van der Waals surface area contributed by atoms with E-state index in [-0.39, 0.29) is 28.9 Å². The van der Waals surface area contributed by atoms with Gasteiger partial charge in [-0.15, -0.1) is 0 Å². The Morgan fingerprint density at radius 3 is 2.65 bits per heavy atom. The molecular weight excluding hydrogens is 456 g/mol. The van der Waals surface area contributed by atoms with Gasteiger partial charge in [0.25, 0.3) is 5.56 Å². The molecule has 2 heterocycles. The summed E-state index contributed by atoms with van der Waals surface area (Å²) in [6.45, 7) is 6.17. The summed E-state index contributed by atoms with van der Waals surface area (Å²) in [5.41, 5.74) is 0.221. The number of hydrogen-bond acceptors (Lipinski definition) is 5. The number of hydrogen-bond donors (Lipinski definition) is 2. The molecule has 1 aliphatic rings. The normalized spacial score (nSPS) is 17.3. The fourth-order valence-electron chi connectivity index (χ4n) is 4.11. The molecule has 4 rings (SSSR count). The molecular formula is C24H25FN5O3P. The Morgan fingerprint density at radius 2 is 1.97 bits per heavy atom. The Labute approximate surface area is 195 Å². The van der Waals surface area contributed by atoms with Crippen molar-refractivity contribution in [2.75, 3.05) is 25.4 Å². The number of aliphatic hydroxyl groups is 1. The van der Waals surface area contributed by atoms with Gasteiger partial charge in [0.15, 0.2) is 0 Å². The van der Waals surface area contributed by atoms with Crippen LogP contribution in [0.2, 0.25) is 0 Å². The van der Waals surface area contributed by atoms with Crippen LogP contribution in [0.25, 0.3) is 10.8 Å². The maximum atomic E-state index is 14.9. The molecule has 3 aromatic rings. The van der Waals surface area contributed by atoms with Crippen LogP contribution < -0.4 is 10.9 Å². The van der Waals surface area contributed by atoms with E-state index in [1.165, 1.54) is 18.2 Å². The van der Waals surface area contributed by atoms with E-state index in [9.17, 15) is 18.9 Å². The standard InChI is InChI=1S/C24H25FN5O3P/c1-3-10-27-24(26-2)30-11-13-34(33,14-12-30)20-15-16(8-9-19(20)25)22(31)21-17-6-4-5-7-18(17)23(32)29-28-21/h3-10,15,22,31H,2,11-14H2,1H3,(H,29,32)/b10-3-,27-24+. The molecule has 1 aliphatic heterocycles. The first-order valence-corrected chi connectivity index (χ1v) is 12.9. The van der Waals surface area contributed by atoms with Crippen molar-refractivity contribution in [1.82, 2.24) is 15.1 Å². The van der Waals surface area contributed by atoms with Crippen LogP contribution in [-0.4, -0.2) is 58.3 Å². The first-order chi connectivity index (χ1) is 16.4. The first kappa shape index (κ1) is 23.7. The summed E-state index contributed by atoms with van der Waals surface area (Å²) in [5.74, 6) is -0.137. The molecule has 2 N–H and O–H groups in total. The van der Waals surface area contributed by atoms with Crippen molar-refractivity contribution in [3.05, 3.63) is 82.2 Å². The number of allylic oxidation sites excluding steroid dienone is 1. The average molecular weight is 481 g/mol. The van der Waals surface area contributed by atoms with Crippen LogP contribution in [0.15, 0.2) is 69.5 Å². The Kier molecular flexibility index (Phi) is 6.86. The summed E-state index contributed by atoms with van der Waals surface area (Å²) < 4.78 is 28.7. The molecule has 1 aromatic heterocycles. The predicted octanol–water partition coefficient (Wildman–Crippen LogP) is 3.04. The number of H-pyrrole nitrogens is 1. The number of nitrogens with one attached hydrogen (secondary N) is 1. The minimum Gasteiger partial charge on any atom is -0.382 e. The molecule has 176 valence electrons. The van der Waals surface area contributed by atoms with Crippen molar-refractivity contribution in [3.63, 3.8) is 0 Å². The van der Waals surface area contributed by atoms with Crippen molar-refractivity contribution in [2.24, 2.45) is 9.98 Å². The van der Waals surface area contributed by atoms with Crippen molar-refractivity contribution in [3.8, 4) is 0 Å². The number of fused-ring (bicyclic) bond motifs is 1. The minimum absolute atomic E-state index is 0.107. The smallest absolute Gasteiger partial charge is 0.272 e. The second-order valence-corrected chi connectivity index (χ2v) is 11.1. The van der Waals surface area contributed by atoms with Crippen molar-refractivity contribution >= 4 is 35.9 Å². The number of halogens is 1. The zero-order valence-electron chi connectivity index (χ0n) is 18.7. The third kappa shape index (κ3) is 4.49. The molecule has 10 heteroatoms. The zero-order valence-corrected chi connectivity index (χ0v) is 19.6. The van der Waals surface area contributed by atoms with E-state index in [1.807, 2.05) is 11.8 Å². The molecule has 0 bridgehead atoms. The summed E-state index contributed by atoms with van der Waals surface area (Å²) in [4.78, 5) is 22.1. The van der Waals surface area contributed by atoms with Gasteiger partial charge in [-0.05, 0) is 37.4 Å². The fourth-order valence-corrected chi connectivity index (χ4v) is 6.79. The van der Waals surface area contributed by atoms with E-state index in [2.05, 4.69) is 26.9 Å². The third-order valence-electron chi connectivity index (χ3n) is 5.94. The highest BCUT2D eigenvalue weighted by atomic mass is 31.2.